The molecule has 0 spiro atoms. The van der Waals surface area contributed by atoms with E-state index < -0.39 is 0 Å². The summed E-state index contributed by atoms with van der Waals surface area (Å²) in [5.41, 5.74) is 2.80. The number of carbonyl (C=O) groups is 1. The third kappa shape index (κ3) is 3.51. The number of hydrogen-bond acceptors (Lipinski definition) is 4. The van der Waals surface area contributed by atoms with E-state index in [-0.39, 0.29) is 5.91 Å². The second kappa shape index (κ2) is 7.37. The van der Waals surface area contributed by atoms with Crippen LogP contribution in [0.15, 0.2) is 71.3 Å². The molecule has 0 saturated heterocycles. The van der Waals surface area contributed by atoms with Crippen LogP contribution in [0.4, 0.5) is 5.13 Å². The number of rotatable bonds is 5. The fourth-order valence-electron chi connectivity index (χ4n) is 3.06. The monoisotopic (exact) mass is 376 g/mol. The summed E-state index contributed by atoms with van der Waals surface area (Å²) in [5, 5.41) is 0.684. The van der Waals surface area contributed by atoms with Gasteiger partial charge in [-0.25, -0.2) is 4.98 Å². The van der Waals surface area contributed by atoms with Crippen LogP contribution in [-0.2, 0) is 6.54 Å². The maximum atomic E-state index is 13.2. The minimum absolute atomic E-state index is 0.0860. The third-order valence-electron chi connectivity index (χ3n) is 4.45. The quantitative estimate of drug-likeness (QED) is 0.438. The highest BCUT2D eigenvalue weighted by atomic mass is 32.1. The molecule has 4 aromatic rings. The van der Waals surface area contributed by atoms with Gasteiger partial charge in [-0.2, -0.15) is 0 Å². The summed E-state index contributed by atoms with van der Waals surface area (Å²) >= 11 is 1.53. The van der Waals surface area contributed by atoms with E-state index in [2.05, 4.69) is 32.0 Å². The molecule has 0 atom stereocenters. The van der Waals surface area contributed by atoms with E-state index in [1.54, 1.807) is 11.2 Å². The number of amides is 1. The summed E-state index contributed by atoms with van der Waals surface area (Å²) in [5.74, 6) is 1.01. The van der Waals surface area contributed by atoms with E-state index in [9.17, 15) is 4.79 Å². The minimum Gasteiger partial charge on any atom is -0.467 e. The lowest BCUT2D eigenvalue weighted by molar-refractivity contribution is 0.0983. The first-order valence-corrected chi connectivity index (χ1v) is 9.74. The molecule has 2 aromatic heterocycles. The van der Waals surface area contributed by atoms with Crippen LogP contribution in [0.25, 0.3) is 10.2 Å². The smallest absolute Gasteiger partial charge is 0.260 e. The lowest BCUT2D eigenvalue weighted by Gasteiger charge is -2.18. The molecule has 0 aliphatic rings. The van der Waals surface area contributed by atoms with Gasteiger partial charge in [-0.15, -0.1) is 0 Å². The summed E-state index contributed by atoms with van der Waals surface area (Å²) in [6.45, 7) is 4.66. The second-order valence-corrected chi connectivity index (χ2v) is 7.69. The number of para-hydroxylation sites is 1. The van der Waals surface area contributed by atoms with E-state index in [1.165, 1.54) is 16.9 Å². The zero-order valence-corrected chi connectivity index (χ0v) is 16.1. The number of nitrogens with zero attached hydrogens (tertiary/aromatic N) is 2. The van der Waals surface area contributed by atoms with Crippen molar-refractivity contribution in [1.82, 2.24) is 4.98 Å². The van der Waals surface area contributed by atoms with Crippen LogP contribution in [0.5, 0.6) is 0 Å². The van der Waals surface area contributed by atoms with Gasteiger partial charge >= 0.3 is 0 Å². The van der Waals surface area contributed by atoms with Crippen LogP contribution >= 0.6 is 11.3 Å². The Morgan fingerprint density at radius 1 is 1.07 bits per heavy atom. The molecule has 4 nitrogen and oxygen atoms in total. The molecule has 0 radical (unpaired) electrons. The Bertz CT molecular complexity index is 1050. The lowest BCUT2D eigenvalue weighted by atomic mass is 10.0. The number of fused-ring (bicyclic) bond motifs is 1. The Balaban J connectivity index is 1.79. The predicted molar refractivity (Wildman–Crippen MR) is 109 cm³/mol. The van der Waals surface area contributed by atoms with Crippen molar-refractivity contribution in [3.8, 4) is 0 Å². The Morgan fingerprint density at radius 3 is 2.59 bits per heavy atom. The van der Waals surface area contributed by atoms with Gasteiger partial charge in [0, 0.05) is 5.56 Å². The van der Waals surface area contributed by atoms with E-state index in [4.69, 9.17) is 9.40 Å². The van der Waals surface area contributed by atoms with Gasteiger partial charge in [0.2, 0.25) is 0 Å². The van der Waals surface area contributed by atoms with Crippen molar-refractivity contribution >= 4 is 32.6 Å². The van der Waals surface area contributed by atoms with Crippen LogP contribution in [-0.4, -0.2) is 10.9 Å². The largest absolute Gasteiger partial charge is 0.467 e. The van der Waals surface area contributed by atoms with Crippen LogP contribution in [0.1, 0.15) is 41.4 Å². The molecule has 4 rings (SSSR count). The Morgan fingerprint density at radius 2 is 1.89 bits per heavy atom. The van der Waals surface area contributed by atoms with Gasteiger partial charge in [-0.05, 0) is 41.8 Å². The average Bonchev–Trinajstić information content (AvgIpc) is 3.35. The molecular formula is C22H20N2O2S. The number of benzene rings is 2. The number of aromatic nitrogens is 1. The van der Waals surface area contributed by atoms with Crippen molar-refractivity contribution in [3.05, 3.63) is 83.8 Å². The first-order valence-electron chi connectivity index (χ1n) is 8.92. The van der Waals surface area contributed by atoms with E-state index in [0.717, 1.165) is 16.0 Å². The van der Waals surface area contributed by atoms with E-state index >= 15 is 0 Å². The fourth-order valence-corrected chi connectivity index (χ4v) is 4.06. The summed E-state index contributed by atoms with van der Waals surface area (Å²) in [6.07, 6.45) is 1.62. The van der Waals surface area contributed by atoms with Crippen molar-refractivity contribution in [1.29, 1.82) is 0 Å². The van der Waals surface area contributed by atoms with Crippen LogP contribution < -0.4 is 4.90 Å². The molecular weight excluding hydrogens is 356 g/mol. The molecule has 1 amide bonds. The van der Waals surface area contributed by atoms with Crippen molar-refractivity contribution in [2.75, 3.05) is 4.90 Å². The van der Waals surface area contributed by atoms with Crippen molar-refractivity contribution in [2.24, 2.45) is 0 Å². The topological polar surface area (TPSA) is 46.3 Å². The normalized spacial score (nSPS) is 11.2. The van der Waals surface area contributed by atoms with Crippen molar-refractivity contribution in [2.45, 2.75) is 26.3 Å². The molecule has 2 heterocycles. The lowest BCUT2D eigenvalue weighted by Crippen LogP contribution is -2.30. The highest BCUT2D eigenvalue weighted by Gasteiger charge is 2.23. The number of furan rings is 1. The Kier molecular flexibility index (Phi) is 4.77. The number of thiazole rings is 1. The molecule has 5 heteroatoms. The zero-order valence-electron chi connectivity index (χ0n) is 15.3. The second-order valence-electron chi connectivity index (χ2n) is 6.68. The van der Waals surface area contributed by atoms with Gasteiger partial charge < -0.3 is 4.42 Å². The van der Waals surface area contributed by atoms with Crippen molar-refractivity contribution < 1.29 is 9.21 Å². The van der Waals surface area contributed by atoms with Gasteiger partial charge in [0.1, 0.15) is 5.76 Å². The van der Waals surface area contributed by atoms with Crippen molar-refractivity contribution in [3.63, 3.8) is 0 Å². The maximum absolute atomic E-state index is 13.2. The molecule has 0 saturated carbocycles. The highest BCUT2D eigenvalue weighted by molar-refractivity contribution is 7.22. The Labute approximate surface area is 162 Å². The molecule has 27 heavy (non-hydrogen) atoms. The standard InChI is InChI=1S/C22H20N2O2S/c1-15(2)18-11-6-12-19-20(18)23-22(27-19)24(14-17-10-7-13-26-17)21(25)16-8-4-3-5-9-16/h3-13,15H,14H2,1-2H3. The highest BCUT2D eigenvalue weighted by Crippen LogP contribution is 2.34. The summed E-state index contributed by atoms with van der Waals surface area (Å²) in [6, 6.07) is 19.2. The third-order valence-corrected chi connectivity index (χ3v) is 5.50. The average molecular weight is 376 g/mol. The van der Waals surface area contributed by atoms with Crippen LogP contribution in [0.3, 0.4) is 0 Å². The molecule has 0 bridgehead atoms. The van der Waals surface area contributed by atoms with Gasteiger partial charge in [0.25, 0.3) is 5.91 Å². The number of hydrogen-bond donors (Lipinski definition) is 0. The predicted octanol–water partition coefficient (Wildman–Crippen LogP) is 5.86. The minimum atomic E-state index is -0.0860. The molecule has 136 valence electrons. The molecule has 0 aliphatic carbocycles. The zero-order chi connectivity index (χ0) is 18.8. The molecule has 0 aliphatic heterocycles. The van der Waals surface area contributed by atoms with E-state index in [0.29, 0.717) is 23.2 Å². The van der Waals surface area contributed by atoms with Gasteiger partial charge in [-0.1, -0.05) is 55.5 Å². The van der Waals surface area contributed by atoms with Crippen LogP contribution in [0, 0.1) is 0 Å². The number of anilines is 1. The summed E-state index contributed by atoms with van der Waals surface area (Å²) in [4.78, 5) is 19.8. The van der Waals surface area contributed by atoms with Crippen LogP contribution in [0.2, 0.25) is 0 Å². The fraction of sp³-hybridized carbons (Fsp3) is 0.182. The molecule has 0 fully saturated rings. The molecule has 0 unspecified atom stereocenters. The summed E-state index contributed by atoms with van der Waals surface area (Å²) in [7, 11) is 0. The Hall–Kier alpha value is -2.92. The molecule has 2 aromatic carbocycles. The van der Waals surface area contributed by atoms with Gasteiger partial charge in [-0.3, -0.25) is 9.69 Å². The summed E-state index contributed by atoms with van der Waals surface area (Å²) < 4.78 is 6.58. The van der Waals surface area contributed by atoms with E-state index in [1.807, 2.05) is 42.5 Å². The first kappa shape index (κ1) is 17.5. The molecule has 0 N–H and O–H groups in total. The number of carbonyl (C=O) groups excluding carboxylic acids is 1. The first-order chi connectivity index (χ1) is 13.1. The van der Waals surface area contributed by atoms with Gasteiger partial charge in [0.05, 0.1) is 23.0 Å². The maximum Gasteiger partial charge on any atom is 0.260 e. The SMILES string of the molecule is CC(C)c1cccc2sc(N(Cc3ccco3)C(=O)c3ccccc3)nc12. The van der Waals surface area contributed by atoms with Gasteiger partial charge in [0.15, 0.2) is 5.13 Å².